The maximum atomic E-state index is 11.2. The Hall–Kier alpha value is -5.47. The number of nitrogens with zero attached hydrogens (tertiary/aromatic N) is 1. The van der Waals surface area contributed by atoms with Gasteiger partial charge in [0.25, 0.3) is 0 Å². The first kappa shape index (κ1) is 38.6. The number of aldehydes is 1. The van der Waals surface area contributed by atoms with Crippen molar-refractivity contribution in [2.75, 3.05) is 5.73 Å². The molecule has 240 valence electrons. The average molecular weight is 643 g/mol. The largest absolute Gasteiger partial charge is 0.507 e. The van der Waals surface area contributed by atoms with Crippen LogP contribution in [0.4, 0.5) is 5.69 Å². The lowest BCUT2D eigenvalue weighted by atomic mass is 9.99. The number of rotatable bonds is 3. The second-order valence-electron chi connectivity index (χ2n) is 8.56. The Morgan fingerprint density at radius 3 is 2.00 bits per heavy atom. The second kappa shape index (κ2) is 19.7. The third kappa shape index (κ3) is 10.0. The van der Waals surface area contributed by atoms with Crippen molar-refractivity contribution < 1.29 is 24.2 Å². The highest BCUT2D eigenvalue weighted by Gasteiger charge is 2.12. The summed E-state index contributed by atoms with van der Waals surface area (Å²) in [7, 11) is 0. The van der Waals surface area contributed by atoms with Gasteiger partial charge in [0, 0.05) is 28.2 Å². The second-order valence-corrected chi connectivity index (χ2v) is 8.94. The molecule has 0 amide bonds. The average Bonchev–Trinajstić information content (AvgIpc) is 3.07. The number of fused-ring (bicyclic) bond motifs is 2. The van der Waals surface area contributed by atoms with Gasteiger partial charge in [-0.05, 0) is 48.0 Å². The molecule has 6 aromatic rings. The number of hydrogen-bond donors (Lipinski definition) is 3. The molecule has 9 heteroatoms. The number of phenols is 1. The Bertz CT molecular complexity index is 1910. The Balaban J connectivity index is 0.000000354. The third-order valence-corrected chi connectivity index (χ3v) is 6.27. The summed E-state index contributed by atoms with van der Waals surface area (Å²) in [6.45, 7) is 8.00. The first-order chi connectivity index (χ1) is 21.8. The first-order valence-electron chi connectivity index (χ1n) is 14.2. The molecule has 0 bridgehead atoms. The molecule has 0 unspecified atom stereocenters. The van der Waals surface area contributed by atoms with Crippen molar-refractivity contribution in [3.05, 3.63) is 136 Å². The summed E-state index contributed by atoms with van der Waals surface area (Å²) in [6.07, 6.45) is 1.74. The van der Waals surface area contributed by atoms with Crippen LogP contribution in [0.15, 0.2) is 119 Å². The van der Waals surface area contributed by atoms with Crippen LogP contribution in [0.1, 0.15) is 55.8 Å². The summed E-state index contributed by atoms with van der Waals surface area (Å²) >= 11 is 5.86. The zero-order chi connectivity index (χ0) is 33.4. The fourth-order valence-electron chi connectivity index (χ4n) is 3.88. The smallest absolute Gasteiger partial charge is 0.348 e. The number of carboxylic acids is 1. The molecule has 2 aromatic heterocycles. The van der Waals surface area contributed by atoms with Gasteiger partial charge in [0.15, 0.2) is 6.29 Å². The number of para-hydroxylation sites is 3. The highest BCUT2D eigenvalue weighted by Crippen LogP contribution is 2.34. The molecule has 4 N–H and O–H groups in total. The zero-order valence-corrected chi connectivity index (χ0v) is 26.2. The maximum Gasteiger partial charge on any atom is 0.348 e. The third-order valence-electron chi connectivity index (χ3n) is 5.87. The van der Waals surface area contributed by atoms with Crippen LogP contribution in [-0.2, 0) is 0 Å². The minimum absolute atomic E-state index is 0. The molecular weight excluding hydrogens is 604 g/mol. The Morgan fingerprint density at radius 1 is 0.826 bits per heavy atom. The van der Waals surface area contributed by atoms with Crippen LogP contribution >= 0.6 is 11.6 Å². The van der Waals surface area contributed by atoms with Crippen molar-refractivity contribution in [3.63, 3.8) is 0 Å². The predicted octanol–water partition coefficient (Wildman–Crippen LogP) is 9.52. The molecule has 46 heavy (non-hydrogen) atoms. The minimum Gasteiger partial charge on any atom is -0.507 e. The normalized spacial score (nSPS) is 9.33. The van der Waals surface area contributed by atoms with Gasteiger partial charge < -0.3 is 20.4 Å². The van der Waals surface area contributed by atoms with Crippen molar-refractivity contribution in [1.82, 2.24) is 4.98 Å². The van der Waals surface area contributed by atoms with Crippen LogP contribution in [0, 0.1) is 0 Å². The Morgan fingerprint density at radius 2 is 1.41 bits per heavy atom. The standard InChI is InChI=1S/C16H11NO3.C10H5ClO3.C6H7N.2C2H6.CH4/c18-15-7-2-1-4-12(15)11-5-3-6-14-13(11)8-10(9-17-14)16(19)20;11-9-6-3-1-2-4-8(6)14-10(13)7(9)5-12;7-6-4-2-1-3-5-6;2*1-2;/h1-9,18H,(H,19,20);1-5H;1-5H,7H2;2*1-2H3;1H4. The molecule has 8 nitrogen and oxygen atoms in total. The Labute approximate surface area is 273 Å². The van der Waals surface area contributed by atoms with Gasteiger partial charge in [-0.15, -0.1) is 0 Å². The number of pyridine rings is 1. The number of aromatic carboxylic acids is 1. The highest BCUT2D eigenvalue weighted by molar-refractivity contribution is 6.37. The molecule has 0 saturated heterocycles. The van der Waals surface area contributed by atoms with Gasteiger partial charge in [-0.2, -0.15) is 0 Å². The number of carboxylic acid groups (broad SMARTS) is 1. The summed E-state index contributed by atoms with van der Waals surface area (Å²) in [5.74, 6) is -0.868. The van der Waals surface area contributed by atoms with E-state index in [-0.39, 0.29) is 29.3 Å². The zero-order valence-electron chi connectivity index (χ0n) is 25.4. The van der Waals surface area contributed by atoms with Crippen molar-refractivity contribution in [2.45, 2.75) is 35.1 Å². The van der Waals surface area contributed by atoms with Crippen molar-refractivity contribution in [2.24, 2.45) is 0 Å². The van der Waals surface area contributed by atoms with E-state index in [0.717, 1.165) is 11.3 Å². The number of aromatic hydroxyl groups is 1. The van der Waals surface area contributed by atoms with Gasteiger partial charge in [0.1, 0.15) is 16.9 Å². The quantitative estimate of drug-likeness (QED) is 0.0983. The van der Waals surface area contributed by atoms with Crippen LogP contribution in [0.5, 0.6) is 5.75 Å². The van der Waals surface area contributed by atoms with Crippen LogP contribution in [-0.4, -0.2) is 27.5 Å². The van der Waals surface area contributed by atoms with E-state index in [2.05, 4.69) is 4.98 Å². The maximum absolute atomic E-state index is 11.2. The van der Waals surface area contributed by atoms with E-state index < -0.39 is 11.6 Å². The van der Waals surface area contributed by atoms with E-state index in [1.807, 2.05) is 82.3 Å². The SMILES string of the molecule is C.CC.CC.Nc1ccccc1.O=C(O)c1cnc2cccc(-c3ccccc3O)c2c1.O=Cc1c(Cl)c2ccccc2oc1=O. The number of phenolic OH excluding ortho intramolecular Hbond substituents is 1. The summed E-state index contributed by atoms with van der Waals surface area (Å²) in [5, 5.41) is 20.4. The van der Waals surface area contributed by atoms with E-state index in [0.29, 0.717) is 33.7 Å². The van der Waals surface area contributed by atoms with E-state index in [4.69, 9.17) is 26.9 Å². The van der Waals surface area contributed by atoms with Gasteiger partial charge in [-0.1, -0.05) is 107 Å². The van der Waals surface area contributed by atoms with Gasteiger partial charge in [0.2, 0.25) is 0 Å². The number of nitrogens with two attached hydrogens (primary N) is 1. The number of carbonyl (C=O) groups is 2. The van der Waals surface area contributed by atoms with E-state index in [9.17, 15) is 19.5 Å². The van der Waals surface area contributed by atoms with Gasteiger partial charge in [0.05, 0.1) is 16.1 Å². The van der Waals surface area contributed by atoms with E-state index >= 15 is 0 Å². The molecule has 0 spiro atoms. The van der Waals surface area contributed by atoms with Crippen LogP contribution in [0.2, 0.25) is 5.02 Å². The molecule has 0 atom stereocenters. The van der Waals surface area contributed by atoms with E-state index in [1.54, 1.807) is 48.5 Å². The fourth-order valence-corrected chi connectivity index (χ4v) is 4.16. The molecule has 0 aliphatic heterocycles. The molecule has 2 heterocycles. The molecule has 0 aliphatic rings. The molecule has 0 fully saturated rings. The Kier molecular flexibility index (Phi) is 16.5. The number of hydrogen-bond acceptors (Lipinski definition) is 7. The van der Waals surface area contributed by atoms with Crippen LogP contribution < -0.4 is 11.4 Å². The number of nitrogen functional groups attached to an aromatic ring is 1. The van der Waals surface area contributed by atoms with Gasteiger partial charge in [-0.3, -0.25) is 9.78 Å². The monoisotopic (exact) mass is 642 g/mol. The fraction of sp³-hybridized carbons (Fsp3) is 0.135. The van der Waals surface area contributed by atoms with Crippen molar-refractivity contribution in [3.8, 4) is 16.9 Å². The molecular formula is C37H39ClN2O6. The number of aromatic nitrogens is 1. The minimum atomic E-state index is -1.02. The molecule has 0 aliphatic carbocycles. The van der Waals surface area contributed by atoms with Crippen LogP contribution in [0.3, 0.4) is 0 Å². The molecule has 6 rings (SSSR count). The van der Waals surface area contributed by atoms with Crippen molar-refractivity contribution >= 4 is 51.4 Å². The van der Waals surface area contributed by atoms with Gasteiger partial charge >= 0.3 is 11.6 Å². The lowest BCUT2D eigenvalue weighted by molar-refractivity contribution is 0.0696. The predicted molar refractivity (Wildman–Crippen MR) is 189 cm³/mol. The topological polar surface area (TPSA) is 144 Å². The summed E-state index contributed by atoms with van der Waals surface area (Å²) < 4.78 is 4.89. The van der Waals surface area contributed by atoms with Gasteiger partial charge in [-0.25, -0.2) is 9.59 Å². The number of benzene rings is 4. The summed E-state index contributed by atoms with van der Waals surface area (Å²) in [6, 6.07) is 30.3. The van der Waals surface area contributed by atoms with Crippen molar-refractivity contribution in [1.29, 1.82) is 0 Å². The molecule has 4 aromatic carbocycles. The summed E-state index contributed by atoms with van der Waals surface area (Å²) in [5.41, 5.74) is 7.95. The number of halogens is 1. The summed E-state index contributed by atoms with van der Waals surface area (Å²) in [4.78, 5) is 37.0. The number of anilines is 1. The molecule has 0 saturated carbocycles. The highest BCUT2D eigenvalue weighted by atomic mass is 35.5. The van der Waals surface area contributed by atoms with Crippen LogP contribution in [0.25, 0.3) is 33.0 Å². The first-order valence-corrected chi connectivity index (χ1v) is 14.6. The lowest BCUT2D eigenvalue weighted by Crippen LogP contribution is -2.06. The number of carbonyl (C=O) groups excluding carboxylic acids is 1. The lowest BCUT2D eigenvalue weighted by Gasteiger charge is -2.08. The van der Waals surface area contributed by atoms with E-state index in [1.165, 1.54) is 6.20 Å². The molecule has 0 radical (unpaired) electrons.